The van der Waals surface area contributed by atoms with E-state index in [1.165, 1.54) is 4.90 Å². The Bertz CT molecular complexity index is 926. The Labute approximate surface area is 166 Å². The summed E-state index contributed by atoms with van der Waals surface area (Å²) >= 11 is 11.8. The van der Waals surface area contributed by atoms with Gasteiger partial charge in [0.2, 0.25) is 17.4 Å². The molecule has 0 spiro atoms. The van der Waals surface area contributed by atoms with Gasteiger partial charge >= 0.3 is 13.6 Å². The Hall–Kier alpha value is -2.15. The van der Waals surface area contributed by atoms with Crippen molar-refractivity contribution in [3.63, 3.8) is 0 Å². The Morgan fingerprint density at radius 2 is 2.07 bits per heavy atom. The van der Waals surface area contributed by atoms with Crippen molar-refractivity contribution in [2.75, 3.05) is 11.6 Å². The highest BCUT2D eigenvalue weighted by molar-refractivity contribution is 7.53. The minimum absolute atomic E-state index is 0.0304. The lowest BCUT2D eigenvalue weighted by Crippen LogP contribution is -2.45. The van der Waals surface area contributed by atoms with Crippen molar-refractivity contribution < 1.29 is 43.6 Å². The third-order valence-electron chi connectivity index (χ3n) is 3.76. The third-order valence-corrected chi connectivity index (χ3v) is 5.22. The number of rotatable bonds is 6. The van der Waals surface area contributed by atoms with Crippen LogP contribution in [0.5, 0.6) is 11.5 Å². The molecule has 28 heavy (non-hydrogen) atoms. The van der Waals surface area contributed by atoms with E-state index in [2.05, 4.69) is 20.4 Å². The molecular formula is C12H13Cl2N4O9P. The minimum atomic E-state index is -5.13. The van der Waals surface area contributed by atoms with E-state index < -0.39 is 49.4 Å². The molecule has 1 aromatic heterocycles. The topological polar surface area (TPSA) is 197 Å². The Morgan fingerprint density at radius 1 is 1.39 bits per heavy atom. The zero-order chi connectivity index (χ0) is 20.8. The van der Waals surface area contributed by atoms with Crippen molar-refractivity contribution in [1.82, 2.24) is 10.6 Å². The van der Waals surface area contributed by atoms with Gasteiger partial charge in [-0.3, -0.25) is 9.46 Å². The summed E-state index contributed by atoms with van der Waals surface area (Å²) in [4.78, 5) is 34.1. The predicted octanol–water partition coefficient (Wildman–Crippen LogP) is 0.0949. The van der Waals surface area contributed by atoms with Crippen LogP contribution in [0.3, 0.4) is 0 Å². The number of carboxylic acids is 1. The van der Waals surface area contributed by atoms with Gasteiger partial charge in [-0.2, -0.15) is 0 Å². The number of nitrogens with one attached hydrogen (secondary N) is 2. The van der Waals surface area contributed by atoms with E-state index in [1.807, 2.05) is 0 Å². The number of hydrogen-bond donors (Lipinski definition) is 7. The van der Waals surface area contributed by atoms with E-state index in [-0.39, 0.29) is 23.0 Å². The summed E-state index contributed by atoms with van der Waals surface area (Å²) in [6.07, 6.45) is -0.718. The molecule has 0 unspecified atom stereocenters. The van der Waals surface area contributed by atoms with Gasteiger partial charge in [-0.15, -0.1) is 0 Å². The molecule has 7 N–H and O–H groups in total. The molecule has 13 nitrogen and oxygen atoms in total. The van der Waals surface area contributed by atoms with Crippen molar-refractivity contribution in [2.45, 2.75) is 18.6 Å². The number of carbonyl (C=O) groups is 1. The van der Waals surface area contributed by atoms with Gasteiger partial charge in [0.25, 0.3) is 5.85 Å². The molecule has 0 radical (unpaired) electrons. The number of anilines is 1. The first-order chi connectivity index (χ1) is 13.0. The number of aliphatic carboxylic acids is 1. The zero-order valence-electron chi connectivity index (χ0n) is 13.5. The molecule has 1 saturated heterocycles. The normalized spacial score (nSPS) is 20.4. The number of amidine groups is 1. The van der Waals surface area contributed by atoms with E-state index in [9.17, 15) is 19.6 Å². The molecule has 154 valence electrons. The number of nitrogens with zero attached hydrogens (tertiary/aromatic N) is 2. The summed E-state index contributed by atoms with van der Waals surface area (Å²) in [7, 11) is -5.13. The van der Waals surface area contributed by atoms with Crippen LogP contribution >= 0.6 is 30.8 Å². The second-order valence-corrected chi connectivity index (χ2v) is 7.94. The molecular weight excluding hydrogens is 446 g/mol. The first-order valence-corrected chi connectivity index (χ1v) is 9.78. The Kier molecular flexibility index (Phi) is 5.40. The number of furan rings is 1. The smallest absolute Gasteiger partial charge is 0.365 e. The molecule has 1 aromatic rings. The molecule has 2 atom stereocenters. The fraction of sp³-hybridized carbons (Fsp3) is 0.333. The van der Waals surface area contributed by atoms with Crippen LogP contribution in [0.1, 0.15) is 5.76 Å². The molecule has 0 amide bonds. The monoisotopic (exact) mass is 458 g/mol. The molecule has 2 aliphatic rings. The average Bonchev–Trinajstić information content (AvgIpc) is 3.09. The Balaban J connectivity index is 1.84. The van der Waals surface area contributed by atoms with Gasteiger partial charge in [-0.1, -0.05) is 11.6 Å². The standard InChI is InChI=1S/C12H13Cl2N4O9P/c13-7-4-8(17-12(14)16-7)18(2-15-4)9-6(20)5(19)3(27-9)1-26-11(10(21)22)28(23,24)25/h8,11,15,19-20H,1-2H2,(H,16,17)(H,21,22)(H2,23,24,25)/t8-,11-/m1/s1. The van der Waals surface area contributed by atoms with Gasteiger partial charge in [0.15, 0.2) is 16.2 Å². The first kappa shape index (κ1) is 20.6. The van der Waals surface area contributed by atoms with E-state index >= 15 is 0 Å². The van der Waals surface area contributed by atoms with Crippen LogP contribution in [0.15, 0.2) is 20.3 Å². The lowest BCUT2D eigenvalue weighted by Gasteiger charge is -2.26. The number of halogens is 2. The largest absolute Gasteiger partial charge is 0.502 e. The SMILES string of the molecule is O=C(O)[C@H](OCc1oc(N2CNC3=C(Cl)N=C(Cl)N[C@@H]32)c(O)c1O)P(=O)(O)O. The number of hydrogen-bond acceptors (Lipinski definition) is 10. The van der Waals surface area contributed by atoms with E-state index in [0.29, 0.717) is 5.70 Å². The second-order valence-electron chi connectivity index (χ2n) is 5.58. The summed E-state index contributed by atoms with van der Waals surface area (Å²) in [5.41, 5.74) is 0.423. The van der Waals surface area contributed by atoms with Gasteiger partial charge < -0.3 is 44.9 Å². The summed E-state index contributed by atoms with van der Waals surface area (Å²) in [6.45, 7) is -0.781. The molecule has 0 aromatic carbocycles. The molecule has 0 aliphatic carbocycles. The fourth-order valence-electron chi connectivity index (χ4n) is 2.54. The lowest BCUT2D eigenvalue weighted by molar-refractivity contribution is -0.146. The van der Waals surface area contributed by atoms with E-state index in [4.69, 9.17) is 42.5 Å². The molecule has 3 heterocycles. The highest BCUT2D eigenvalue weighted by atomic mass is 35.5. The third kappa shape index (κ3) is 3.72. The maximum atomic E-state index is 11.2. The van der Waals surface area contributed by atoms with Crippen molar-refractivity contribution in [3.05, 3.63) is 16.6 Å². The van der Waals surface area contributed by atoms with Crippen molar-refractivity contribution in [1.29, 1.82) is 0 Å². The summed E-state index contributed by atoms with van der Waals surface area (Å²) in [5, 5.41) is 34.7. The zero-order valence-corrected chi connectivity index (χ0v) is 15.9. The maximum Gasteiger partial charge on any atom is 0.365 e. The number of aliphatic imine (C=N–C) groups is 1. The quantitative estimate of drug-likeness (QED) is 0.224. The molecule has 16 heteroatoms. The maximum absolute atomic E-state index is 11.2. The second kappa shape index (κ2) is 7.35. The molecule has 2 aliphatic heterocycles. The molecule has 0 saturated carbocycles. The van der Waals surface area contributed by atoms with Crippen LogP contribution in [0.2, 0.25) is 0 Å². The van der Waals surface area contributed by atoms with Crippen LogP contribution in [0.25, 0.3) is 0 Å². The first-order valence-electron chi connectivity index (χ1n) is 7.34. The lowest BCUT2D eigenvalue weighted by atomic mass is 10.3. The summed E-state index contributed by atoms with van der Waals surface area (Å²) in [5.74, 6) is -6.58. The molecule has 3 rings (SSSR count). The predicted molar refractivity (Wildman–Crippen MR) is 93.9 cm³/mol. The van der Waals surface area contributed by atoms with E-state index in [0.717, 1.165) is 0 Å². The number of carboxylic acid groups (broad SMARTS) is 1. The highest BCUT2D eigenvalue weighted by Crippen LogP contribution is 2.46. The van der Waals surface area contributed by atoms with Gasteiger partial charge in [0.1, 0.15) is 12.8 Å². The van der Waals surface area contributed by atoms with E-state index in [1.54, 1.807) is 0 Å². The number of fused-ring (bicyclic) bond motifs is 1. The number of aromatic hydroxyl groups is 2. The van der Waals surface area contributed by atoms with Crippen LogP contribution in [-0.2, 0) is 20.7 Å². The van der Waals surface area contributed by atoms with Crippen LogP contribution in [0, 0.1) is 0 Å². The van der Waals surface area contributed by atoms with Crippen molar-refractivity contribution >= 4 is 47.9 Å². The summed E-state index contributed by atoms with van der Waals surface area (Å²) in [6, 6.07) is 0. The van der Waals surface area contributed by atoms with Gasteiger partial charge in [-0.05, 0) is 11.6 Å². The summed E-state index contributed by atoms with van der Waals surface area (Å²) < 4.78 is 21.1. The van der Waals surface area contributed by atoms with Crippen LogP contribution in [0.4, 0.5) is 5.88 Å². The average molecular weight is 459 g/mol. The molecule has 1 fully saturated rings. The molecule has 0 bridgehead atoms. The fourth-order valence-corrected chi connectivity index (χ4v) is 3.58. The number of ether oxygens (including phenoxy) is 1. The van der Waals surface area contributed by atoms with Crippen molar-refractivity contribution in [2.24, 2.45) is 4.99 Å². The highest BCUT2D eigenvalue weighted by Gasteiger charge is 2.40. The van der Waals surface area contributed by atoms with Crippen LogP contribution in [-0.4, -0.2) is 55.1 Å². The van der Waals surface area contributed by atoms with Gasteiger partial charge in [0.05, 0.1) is 12.4 Å². The van der Waals surface area contributed by atoms with Crippen LogP contribution < -0.4 is 15.5 Å². The Morgan fingerprint density at radius 3 is 2.68 bits per heavy atom. The van der Waals surface area contributed by atoms with Gasteiger partial charge in [-0.25, -0.2) is 9.79 Å². The van der Waals surface area contributed by atoms with Crippen molar-refractivity contribution in [3.8, 4) is 11.5 Å². The minimum Gasteiger partial charge on any atom is -0.502 e. The van der Waals surface area contributed by atoms with Gasteiger partial charge in [0, 0.05) is 0 Å².